The highest BCUT2D eigenvalue weighted by Crippen LogP contribution is 2.27. The van der Waals surface area contributed by atoms with Gasteiger partial charge in [-0.1, -0.05) is 42.1 Å². The normalized spacial score (nSPS) is 11.5. The minimum absolute atomic E-state index is 0.0886. The number of amides is 1. The number of fused-ring (bicyclic) bond motifs is 1. The number of nitrogens with one attached hydrogen (secondary N) is 1. The molecule has 2 aromatic carbocycles. The average Bonchev–Trinajstić information content (AvgIpc) is 2.85. The number of anilines is 1. The van der Waals surface area contributed by atoms with Crippen LogP contribution in [0.5, 0.6) is 5.75 Å². The fourth-order valence-electron chi connectivity index (χ4n) is 3.32. The van der Waals surface area contributed by atoms with Gasteiger partial charge in [-0.2, -0.15) is 0 Å². The van der Waals surface area contributed by atoms with Crippen molar-refractivity contribution in [2.24, 2.45) is 14.1 Å². The minimum atomic E-state index is -4.82. The number of hydrogen-bond donors (Lipinski definition) is 1. The summed E-state index contributed by atoms with van der Waals surface area (Å²) in [6, 6.07) is 13.6. The number of benzene rings is 2. The Morgan fingerprint density at radius 2 is 1.67 bits per heavy atom. The Bertz CT molecular complexity index is 1550. The maximum atomic E-state index is 12.9. The first-order chi connectivity index (χ1) is 17.0. The molecule has 2 heterocycles. The van der Waals surface area contributed by atoms with E-state index in [-0.39, 0.29) is 33.3 Å². The Kier molecular flexibility index (Phi) is 6.84. The average molecular weight is 517 g/mol. The van der Waals surface area contributed by atoms with E-state index in [0.29, 0.717) is 5.56 Å². The third-order valence-corrected chi connectivity index (χ3v) is 5.99. The van der Waals surface area contributed by atoms with Crippen molar-refractivity contribution in [1.29, 1.82) is 0 Å². The SMILES string of the molecule is Cn1c(=O)c2c(SCC(=O)Nc3ccc(OC(F)(F)F)cc3)nc(-c3ccccc3)nc2n(C)c1=O. The van der Waals surface area contributed by atoms with Crippen molar-refractivity contribution >= 4 is 34.4 Å². The monoisotopic (exact) mass is 517 g/mol. The number of hydrogen-bond acceptors (Lipinski definition) is 7. The number of carbonyl (C=O) groups is 1. The third-order valence-electron chi connectivity index (χ3n) is 5.01. The Morgan fingerprint density at radius 1 is 1.00 bits per heavy atom. The number of rotatable bonds is 6. The first kappa shape index (κ1) is 25.0. The Balaban J connectivity index is 1.62. The van der Waals surface area contributed by atoms with Crippen LogP contribution >= 0.6 is 11.8 Å². The second-order valence-electron chi connectivity index (χ2n) is 7.53. The van der Waals surface area contributed by atoms with Crippen LogP contribution in [0, 0.1) is 0 Å². The zero-order chi connectivity index (χ0) is 26.0. The summed E-state index contributed by atoms with van der Waals surface area (Å²) in [5.41, 5.74) is -0.126. The molecule has 0 saturated carbocycles. The molecule has 2 aromatic heterocycles. The van der Waals surface area contributed by atoms with Crippen molar-refractivity contribution in [3.05, 3.63) is 75.4 Å². The van der Waals surface area contributed by atoms with Crippen LogP contribution < -0.4 is 21.3 Å². The predicted octanol–water partition coefficient (Wildman–Crippen LogP) is 3.32. The van der Waals surface area contributed by atoms with Crippen molar-refractivity contribution in [2.75, 3.05) is 11.1 Å². The topological polar surface area (TPSA) is 108 Å². The number of carbonyl (C=O) groups excluding carboxylic acids is 1. The maximum absolute atomic E-state index is 12.9. The van der Waals surface area contributed by atoms with Crippen LogP contribution in [-0.2, 0) is 18.9 Å². The van der Waals surface area contributed by atoms with Gasteiger partial charge >= 0.3 is 12.1 Å². The minimum Gasteiger partial charge on any atom is -0.406 e. The van der Waals surface area contributed by atoms with Gasteiger partial charge in [0.1, 0.15) is 16.2 Å². The summed E-state index contributed by atoms with van der Waals surface area (Å²) in [5.74, 6) is -0.807. The van der Waals surface area contributed by atoms with Crippen molar-refractivity contribution in [2.45, 2.75) is 11.4 Å². The summed E-state index contributed by atoms with van der Waals surface area (Å²) in [6.45, 7) is 0. The Labute approximate surface area is 205 Å². The van der Waals surface area contributed by atoms with E-state index < -0.39 is 29.3 Å². The van der Waals surface area contributed by atoms with E-state index in [1.807, 2.05) is 6.07 Å². The lowest BCUT2D eigenvalue weighted by molar-refractivity contribution is -0.274. The number of ether oxygens (including phenoxy) is 1. The molecule has 1 N–H and O–H groups in total. The molecule has 0 saturated heterocycles. The van der Waals surface area contributed by atoms with Crippen LogP contribution in [0.2, 0.25) is 0 Å². The van der Waals surface area contributed by atoms with E-state index in [2.05, 4.69) is 20.0 Å². The van der Waals surface area contributed by atoms with Crippen LogP contribution in [0.4, 0.5) is 18.9 Å². The quantitative estimate of drug-likeness (QED) is 0.309. The fourth-order valence-corrected chi connectivity index (χ4v) is 4.13. The third kappa shape index (κ3) is 5.40. The molecule has 0 bridgehead atoms. The van der Waals surface area contributed by atoms with E-state index in [1.54, 1.807) is 24.3 Å². The molecule has 0 atom stereocenters. The van der Waals surface area contributed by atoms with Crippen LogP contribution in [0.3, 0.4) is 0 Å². The summed E-state index contributed by atoms with van der Waals surface area (Å²) >= 11 is 0.969. The van der Waals surface area contributed by atoms with Crippen LogP contribution in [-0.4, -0.2) is 37.1 Å². The summed E-state index contributed by atoms with van der Waals surface area (Å²) in [4.78, 5) is 46.8. The predicted molar refractivity (Wildman–Crippen MR) is 128 cm³/mol. The molecule has 0 aliphatic rings. The highest BCUT2D eigenvalue weighted by Gasteiger charge is 2.31. The van der Waals surface area contributed by atoms with Crippen molar-refractivity contribution < 1.29 is 22.7 Å². The van der Waals surface area contributed by atoms with Gasteiger partial charge in [-0.3, -0.25) is 18.7 Å². The molecule has 13 heteroatoms. The molecule has 0 spiro atoms. The second-order valence-corrected chi connectivity index (χ2v) is 8.50. The molecule has 1 amide bonds. The lowest BCUT2D eigenvalue weighted by Gasteiger charge is -2.12. The summed E-state index contributed by atoms with van der Waals surface area (Å²) < 4.78 is 42.9. The summed E-state index contributed by atoms with van der Waals surface area (Å²) in [6.07, 6.45) is -4.82. The standard InChI is InChI=1S/C23H18F3N5O4S/c1-30-19-17(21(33)31(2)22(30)34)20(29-18(28-19)13-6-4-3-5-7-13)36-12-16(32)27-14-8-10-15(11-9-14)35-23(24,25)26/h3-11H,12H2,1-2H3,(H,27,32). The van der Waals surface area contributed by atoms with Gasteiger partial charge in [0.25, 0.3) is 5.56 Å². The van der Waals surface area contributed by atoms with Crippen molar-refractivity contribution in [1.82, 2.24) is 19.1 Å². The molecule has 0 fully saturated rings. The van der Waals surface area contributed by atoms with Crippen LogP contribution in [0.1, 0.15) is 0 Å². The van der Waals surface area contributed by atoms with E-state index in [1.165, 1.54) is 30.8 Å². The molecule has 36 heavy (non-hydrogen) atoms. The molecule has 9 nitrogen and oxygen atoms in total. The molecule has 0 unspecified atom stereocenters. The zero-order valence-electron chi connectivity index (χ0n) is 18.9. The maximum Gasteiger partial charge on any atom is 0.573 e. The van der Waals surface area contributed by atoms with E-state index >= 15 is 0 Å². The number of aryl methyl sites for hydroxylation is 1. The highest BCUT2D eigenvalue weighted by atomic mass is 32.2. The van der Waals surface area contributed by atoms with Gasteiger partial charge in [-0.25, -0.2) is 14.8 Å². The molecular weight excluding hydrogens is 499 g/mol. The van der Waals surface area contributed by atoms with Gasteiger partial charge in [-0.05, 0) is 24.3 Å². The molecule has 4 rings (SSSR count). The lowest BCUT2D eigenvalue weighted by atomic mass is 10.2. The smallest absolute Gasteiger partial charge is 0.406 e. The number of halogens is 3. The molecular formula is C23H18F3N5O4S. The molecule has 4 aromatic rings. The van der Waals surface area contributed by atoms with Crippen molar-refractivity contribution in [3.63, 3.8) is 0 Å². The molecule has 0 aliphatic carbocycles. The fraction of sp³-hybridized carbons (Fsp3) is 0.174. The molecule has 0 radical (unpaired) electrons. The number of alkyl halides is 3. The first-order valence-electron chi connectivity index (χ1n) is 10.3. The molecule has 186 valence electrons. The highest BCUT2D eigenvalue weighted by molar-refractivity contribution is 8.00. The molecule has 0 aliphatic heterocycles. The van der Waals surface area contributed by atoms with Crippen LogP contribution in [0.25, 0.3) is 22.4 Å². The van der Waals surface area contributed by atoms with Gasteiger partial charge < -0.3 is 10.1 Å². The van der Waals surface area contributed by atoms with Crippen molar-refractivity contribution in [3.8, 4) is 17.1 Å². The Morgan fingerprint density at radius 3 is 2.31 bits per heavy atom. The van der Waals surface area contributed by atoms with Gasteiger partial charge in [0.05, 0.1) is 5.75 Å². The van der Waals surface area contributed by atoms with Gasteiger partial charge in [0, 0.05) is 25.3 Å². The number of nitrogens with zero attached hydrogens (tertiary/aromatic N) is 4. The number of aromatic nitrogens is 4. The van der Waals surface area contributed by atoms with Gasteiger partial charge in [-0.15, -0.1) is 13.2 Å². The summed E-state index contributed by atoms with van der Waals surface area (Å²) in [5, 5.41) is 2.86. The van der Waals surface area contributed by atoms with Crippen LogP contribution in [0.15, 0.2) is 69.2 Å². The van der Waals surface area contributed by atoms with E-state index in [9.17, 15) is 27.6 Å². The lowest BCUT2D eigenvalue weighted by Crippen LogP contribution is -2.37. The van der Waals surface area contributed by atoms with E-state index in [0.717, 1.165) is 28.5 Å². The van der Waals surface area contributed by atoms with Gasteiger partial charge in [0.15, 0.2) is 11.5 Å². The Hall–Kier alpha value is -4.13. The zero-order valence-corrected chi connectivity index (χ0v) is 19.7. The summed E-state index contributed by atoms with van der Waals surface area (Å²) in [7, 11) is 2.82. The van der Waals surface area contributed by atoms with E-state index in [4.69, 9.17) is 0 Å². The largest absolute Gasteiger partial charge is 0.573 e. The number of thioether (sulfide) groups is 1. The second kappa shape index (κ2) is 9.85. The van der Waals surface area contributed by atoms with Gasteiger partial charge in [0.2, 0.25) is 5.91 Å². The first-order valence-corrected chi connectivity index (χ1v) is 11.3.